The molecule has 0 aromatic carbocycles. The molecule has 0 fully saturated rings. The summed E-state index contributed by atoms with van der Waals surface area (Å²) >= 11 is 5.52. The molecular weight excluding hydrogens is 312 g/mol. The first kappa shape index (κ1) is 16.9. The van der Waals surface area contributed by atoms with Crippen molar-refractivity contribution < 1.29 is 31.1 Å². The zero-order chi connectivity index (χ0) is 15.7. The Morgan fingerprint density at radius 2 is 1.65 bits per heavy atom. The summed E-state index contributed by atoms with van der Waals surface area (Å²) < 4.78 is 78.7. The summed E-state index contributed by atoms with van der Waals surface area (Å²) in [5.41, 5.74) is 0.635. The Labute approximate surface area is 115 Å². The van der Waals surface area contributed by atoms with E-state index in [2.05, 4.69) is 9.72 Å². The van der Waals surface area contributed by atoms with E-state index in [4.69, 9.17) is 11.6 Å². The lowest BCUT2D eigenvalue weighted by Crippen LogP contribution is -2.46. The fourth-order valence-corrected chi connectivity index (χ4v) is 1.85. The van der Waals surface area contributed by atoms with Gasteiger partial charge in [-0.1, -0.05) is 0 Å². The van der Waals surface area contributed by atoms with E-state index < -0.39 is 24.3 Å². The van der Waals surface area contributed by atoms with Crippen LogP contribution in [0.1, 0.15) is 16.8 Å². The Kier molecular flexibility index (Phi) is 4.78. The molecule has 0 bridgehead atoms. The second kappa shape index (κ2) is 5.67. The largest absolute Gasteiger partial charge is 0.454 e. The standard InChI is InChI=1S/C11H10ClF6NO/c1-5-3-6(2)19-8(7(5)4-12)20-9(10(13,14)15)11(16,17)18/h3,9H,4H2,1-2H3. The molecule has 0 saturated carbocycles. The summed E-state index contributed by atoms with van der Waals surface area (Å²) in [6.07, 6.45) is -15.1. The molecule has 1 rings (SSSR count). The summed E-state index contributed by atoms with van der Waals surface area (Å²) in [6, 6.07) is 1.49. The molecule has 1 heterocycles. The third-order valence-electron chi connectivity index (χ3n) is 2.40. The van der Waals surface area contributed by atoms with Crippen LogP contribution in [0.25, 0.3) is 0 Å². The van der Waals surface area contributed by atoms with Crippen LogP contribution in [0.5, 0.6) is 5.88 Å². The highest BCUT2D eigenvalue weighted by Gasteiger charge is 2.59. The second-order valence-electron chi connectivity index (χ2n) is 4.08. The maximum atomic E-state index is 12.4. The molecule has 2 nitrogen and oxygen atoms in total. The zero-order valence-corrected chi connectivity index (χ0v) is 11.1. The number of aromatic nitrogens is 1. The SMILES string of the molecule is Cc1cc(C)c(CCl)c(OC(C(F)(F)F)C(F)(F)F)n1. The normalized spacial score (nSPS) is 12.9. The summed E-state index contributed by atoms with van der Waals surface area (Å²) in [6.45, 7) is 2.92. The van der Waals surface area contributed by atoms with Gasteiger partial charge in [-0.2, -0.15) is 26.3 Å². The molecule has 0 atom stereocenters. The monoisotopic (exact) mass is 321 g/mol. The van der Waals surface area contributed by atoms with Crippen molar-refractivity contribution in [3.8, 4) is 5.88 Å². The fraction of sp³-hybridized carbons (Fsp3) is 0.545. The number of hydrogen-bond acceptors (Lipinski definition) is 2. The molecule has 0 radical (unpaired) electrons. The predicted octanol–water partition coefficient (Wildman–Crippen LogP) is 4.31. The molecule has 1 aromatic heterocycles. The van der Waals surface area contributed by atoms with Crippen molar-refractivity contribution in [3.05, 3.63) is 22.9 Å². The fourth-order valence-electron chi connectivity index (χ4n) is 1.52. The smallest absolute Gasteiger partial charge is 0.434 e. The van der Waals surface area contributed by atoms with Crippen LogP contribution in [-0.2, 0) is 5.88 Å². The van der Waals surface area contributed by atoms with Gasteiger partial charge in [0.2, 0.25) is 5.88 Å². The van der Waals surface area contributed by atoms with E-state index in [0.717, 1.165) is 0 Å². The van der Waals surface area contributed by atoms with Gasteiger partial charge in [0.15, 0.2) is 0 Å². The van der Waals surface area contributed by atoms with E-state index in [1.807, 2.05) is 0 Å². The average Bonchev–Trinajstić information content (AvgIpc) is 2.22. The van der Waals surface area contributed by atoms with Gasteiger partial charge in [-0.25, -0.2) is 4.98 Å². The van der Waals surface area contributed by atoms with Gasteiger partial charge in [0.1, 0.15) is 0 Å². The van der Waals surface area contributed by atoms with E-state index in [9.17, 15) is 26.3 Å². The summed E-state index contributed by atoms with van der Waals surface area (Å²) in [7, 11) is 0. The number of aryl methyl sites for hydroxylation is 2. The van der Waals surface area contributed by atoms with Crippen molar-refractivity contribution in [2.75, 3.05) is 0 Å². The minimum absolute atomic E-state index is 0.00392. The maximum Gasteiger partial charge on any atom is 0.434 e. The minimum atomic E-state index is -5.60. The molecule has 9 heteroatoms. The highest BCUT2D eigenvalue weighted by Crippen LogP contribution is 2.37. The molecular formula is C11H10ClF6NO. The molecule has 114 valence electrons. The first-order valence-corrected chi connectivity index (χ1v) is 5.83. The van der Waals surface area contributed by atoms with E-state index in [1.54, 1.807) is 0 Å². The minimum Gasteiger partial charge on any atom is -0.454 e. The van der Waals surface area contributed by atoms with E-state index in [1.165, 1.54) is 19.9 Å². The number of halogens is 7. The van der Waals surface area contributed by atoms with Crippen LogP contribution in [0.3, 0.4) is 0 Å². The summed E-state index contributed by atoms with van der Waals surface area (Å²) in [5.74, 6) is -1.06. The Hall–Kier alpha value is -1.18. The van der Waals surface area contributed by atoms with Gasteiger partial charge < -0.3 is 4.74 Å². The van der Waals surface area contributed by atoms with E-state index in [-0.39, 0.29) is 17.1 Å². The Morgan fingerprint density at radius 1 is 1.15 bits per heavy atom. The van der Waals surface area contributed by atoms with Crippen molar-refractivity contribution in [3.63, 3.8) is 0 Å². The van der Waals surface area contributed by atoms with Crippen molar-refractivity contribution in [1.82, 2.24) is 4.98 Å². The van der Waals surface area contributed by atoms with Crippen molar-refractivity contribution >= 4 is 11.6 Å². The molecule has 0 spiro atoms. The van der Waals surface area contributed by atoms with Crippen LogP contribution < -0.4 is 4.74 Å². The van der Waals surface area contributed by atoms with Gasteiger partial charge in [-0.15, -0.1) is 11.6 Å². The lowest BCUT2D eigenvalue weighted by atomic mass is 10.1. The van der Waals surface area contributed by atoms with Crippen LogP contribution in [0.2, 0.25) is 0 Å². The van der Waals surface area contributed by atoms with Gasteiger partial charge in [0, 0.05) is 11.3 Å². The van der Waals surface area contributed by atoms with Gasteiger partial charge in [-0.3, -0.25) is 0 Å². The molecule has 0 aliphatic carbocycles. The number of alkyl halides is 7. The highest BCUT2D eigenvalue weighted by atomic mass is 35.5. The van der Waals surface area contributed by atoms with Crippen LogP contribution in [-0.4, -0.2) is 23.4 Å². The Balaban J connectivity index is 3.25. The molecule has 0 N–H and O–H groups in total. The van der Waals surface area contributed by atoms with Gasteiger partial charge >= 0.3 is 12.4 Å². The van der Waals surface area contributed by atoms with Crippen molar-refractivity contribution in [2.45, 2.75) is 38.2 Å². The quantitative estimate of drug-likeness (QED) is 0.611. The van der Waals surface area contributed by atoms with E-state index >= 15 is 0 Å². The summed E-state index contributed by atoms with van der Waals surface area (Å²) in [4.78, 5) is 3.56. The van der Waals surface area contributed by atoms with Crippen molar-refractivity contribution in [1.29, 1.82) is 0 Å². The number of pyridine rings is 1. The number of ether oxygens (including phenoxy) is 1. The molecule has 20 heavy (non-hydrogen) atoms. The van der Waals surface area contributed by atoms with E-state index in [0.29, 0.717) is 5.56 Å². The molecule has 0 unspecified atom stereocenters. The Morgan fingerprint density at radius 3 is 2.05 bits per heavy atom. The zero-order valence-electron chi connectivity index (χ0n) is 10.4. The third-order valence-corrected chi connectivity index (χ3v) is 2.66. The van der Waals surface area contributed by atoms with Gasteiger partial charge in [-0.05, 0) is 25.5 Å². The first-order chi connectivity index (χ1) is 8.96. The number of nitrogens with zero attached hydrogens (tertiary/aromatic N) is 1. The second-order valence-corrected chi connectivity index (χ2v) is 4.35. The van der Waals surface area contributed by atoms with Crippen LogP contribution in [0.15, 0.2) is 6.07 Å². The Bertz CT molecular complexity index is 471. The molecule has 0 aliphatic heterocycles. The van der Waals surface area contributed by atoms with Crippen LogP contribution >= 0.6 is 11.6 Å². The van der Waals surface area contributed by atoms with Crippen molar-refractivity contribution in [2.24, 2.45) is 0 Å². The number of hydrogen-bond donors (Lipinski definition) is 0. The van der Waals surface area contributed by atoms with Crippen LogP contribution in [0.4, 0.5) is 26.3 Å². The molecule has 1 aromatic rings. The summed E-state index contributed by atoms with van der Waals surface area (Å²) in [5, 5.41) is 0. The van der Waals surface area contributed by atoms with Gasteiger partial charge in [0.25, 0.3) is 6.10 Å². The average molecular weight is 322 g/mol. The molecule has 0 amide bonds. The number of rotatable bonds is 3. The molecule has 0 aliphatic rings. The lowest BCUT2D eigenvalue weighted by Gasteiger charge is -2.24. The molecule has 0 saturated heterocycles. The lowest BCUT2D eigenvalue weighted by molar-refractivity contribution is -0.300. The highest BCUT2D eigenvalue weighted by molar-refractivity contribution is 6.17. The third kappa shape index (κ3) is 3.91. The maximum absolute atomic E-state index is 12.4. The predicted molar refractivity (Wildman–Crippen MR) is 59.8 cm³/mol. The van der Waals surface area contributed by atoms with Gasteiger partial charge in [0.05, 0.1) is 5.88 Å². The topological polar surface area (TPSA) is 22.1 Å². The first-order valence-electron chi connectivity index (χ1n) is 5.30. The van der Waals surface area contributed by atoms with Crippen LogP contribution in [0, 0.1) is 13.8 Å².